The molecule has 0 N–H and O–H groups in total. The molecule has 0 amide bonds. The van der Waals surface area contributed by atoms with Gasteiger partial charge in [-0.2, -0.15) is 0 Å². The second kappa shape index (κ2) is 5.87. The third-order valence-electron chi connectivity index (χ3n) is 3.34. The summed E-state index contributed by atoms with van der Waals surface area (Å²) < 4.78 is 1.15. The van der Waals surface area contributed by atoms with Gasteiger partial charge in [0, 0.05) is 15.6 Å². The minimum absolute atomic E-state index is 0.187. The summed E-state index contributed by atoms with van der Waals surface area (Å²) in [6.45, 7) is 6.25. The normalized spacial score (nSPS) is 10.5. The van der Waals surface area contributed by atoms with Crippen LogP contribution in [0, 0.1) is 24.3 Å². The number of aryl methyl sites for hydroxylation is 3. The van der Waals surface area contributed by atoms with Gasteiger partial charge in [-0.1, -0.05) is 29.8 Å². The second-order valence-corrected chi connectivity index (χ2v) is 6.23. The predicted octanol–water partition coefficient (Wildman–Crippen LogP) is 4.64. The van der Waals surface area contributed by atoms with E-state index < -0.39 is 0 Å². The number of carbonyl (C=O) groups excluding carboxylic acids is 1. The van der Waals surface area contributed by atoms with Gasteiger partial charge in [0.05, 0.1) is 0 Å². The van der Waals surface area contributed by atoms with E-state index in [1.807, 2.05) is 24.3 Å². The van der Waals surface area contributed by atoms with Crippen molar-refractivity contribution in [3.05, 3.63) is 67.8 Å². The van der Waals surface area contributed by atoms with Crippen molar-refractivity contribution in [2.75, 3.05) is 0 Å². The van der Waals surface area contributed by atoms with Gasteiger partial charge in [-0.05, 0) is 72.2 Å². The third kappa shape index (κ3) is 3.44. The highest BCUT2D eigenvalue weighted by Crippen LogP contribution is 2.19. The summed E-state index contributed by atoms with van der Waals surface area (Å²) in [5, 5.41) is 0. The van der Waals surface area contributed by atoms with E-state index in [1.165, 1.54) is 16.7 Å². The number of hydrogen-bond acceptors (Lipinski definition) is 1. The van der Waals surface area contributed by atoms with Crippen LogP contribution in [-0.4, -0.2) is 5.78 Å². The summed E-state index contributed by atoms with van der Waals surface area (Å²) in [7, 11) is 0. The molecule has 0 saturated heterocycles. The van der Waals surface area contributed by atoms with Crippen LogP contribution in [0.15, 0.2) is 36.4 Å². The summed E-state index contributed by atoms with van der Waals surface area (Å²) in [6.07, 6.45) is 0.485. The van der Waals surface area contributed by atoms with Crippen LogP contribution in [-0.2, 0) is 6.42 Å². The fraction of sp³-hybridized carbons (Fsp3) is 0.235. The Kier molecular flexibility index (Phi) is 4.40. The number of hydrogen-bond donors (Lipinski definition) is 0. The number of carbonyl (C=O) groups is 1. The van der Waals surface area contributed by atoms with Crippen molar-refractivity contribution in [3.63, 3.8) is 0 Å². The Balaban J connectivity index is 2.26. The molecule has 2 aromatic carbocycles. The second-order valence-electron chi connectivity index (χ2n) is 4.98. The molecule has 0 heterocycles. The van der Waals surface area contributed by atoms with Crippen LogP contribution >= 0.6 is 22.6 Å². The molecule has 1 nitrogen and oxygen atoms in total. The molecule has 2 rings (SSSR count). The minimum atomic E-state index is 0.187. The summed E-state index contributed by atoms with van der Waals surface area (Å²) in [5.41, 5.74) is 5.61. The zero-order valence-electron chi connectivity index (χ0n) is 11.5. The molecule has 2 heteroatoms. The highest BCUT2D eigenvalue weighted by atomic mass is 127. The van der Waals surface area contributed by atoms with E-state index in [1.54, 1.807) is 0 Å². The van der Waals surface area contributed by atoms with Gasteiger partial charge < -0.3 is 0 Å². The van der Waals surface area contributed by atoms with Crippen molar-refractivity contribution in [1.82, 2.24) is 0 Å². The van der Waals surface area contributed by atoms with E-state index in [9.17, 15) is 4.79 Å². The molecular formula is C17H17IO. The van der Waals surface area contributed by atoms with Gasteiger partial charge in [0.15, 0.2) is 5.78 Å². The molecule has 0 unspecified atom stereocenters. The van der Waals surface area contributed by atoms with E-state index >= 15 is 0 Å². The Morgan fingerprint density at radius 1 is 1.00 bits per heavy atom. The molecule has 0 saturated carbocycles. The van der Waals surface area contributed by atoms with Crippen LogP contribution in [0.5, 0.6) is 0 Å². The largest absolute Gasteiger partial charge is 0.294 e. The SMILES string of the molecule is Cc1cc(C)c(CC(=O)c2ccc(I)cc2)c(C)c1. The summed E-state index contributed by atoms with van der Waals surface area (Å²) in [5.74, 6) is 0.187. The van der Waals surface area contributed by atoms with Gasteiger partial charge in [0.25, 0.3) is 0 Å². The molecule has 0 aromatic heterocycles. The molecule has 2 aromatic rings. The topological polar surface area (TPSA) is 17.1 Å². The van der Waals surface area contributed by atoms with Gasteiger partial charge in [-0.3, -0.25) is 4.79 Å². The lowest BCUT2D eigenvalue weighted by molar-refractivity contribution is 0.0992. The van der Waals surface area contributed by atoms with E-state index in [0.29, 0.717) is 6.42 Å². The van der Waals surface area contributed by atoms with Crippen LogP contribution in [0.1, 0.15) is 32.6 Å². The lowest BCUT2D eigenvalue weighted by atomic mass is 9.94. The molecular weight excluding hydrogens is 347 g/mol. The molecule has 0 aliphatic heterocycles. The van der Waals surface area contributed by atoms with E-state index in [2.05, 4.69) is 55.5 Å². The van der Waals surface area contributed by atoms with Crippen molar-refractivity contribution < 1.29 is 4.79 Å². The number of Topliss-reactive ketones (excluding diaryl/α,β-unsaturated/α-hetero) is 1. The summed E-state index contributed by atoms with van der Waals surface area (Å²) in [6, 6.07) is 12.0. The molecule has 0 aliphatic carbocycles. The first-order chi connectivity index (χ1) is 8.97. The fourth-order valence-corrected chi connectivity index (χ4v) is 2.75. The maximum absolute atomic E-state index is 12.3. The van der Waals surface area contributed by atoms with Gasteiger partial charge in [-0.15, -0.1) is 0 Å². The zero-order valence-corrected chi connectivity index (χ0v) is 13.6. The molecule has 98 valence electrons. The van der Waals surface area contributed by atoms with E-state index in [4.69, 9.17) is 0 Å². The van der Waals surface area contributed by atoms with Crippen LogP contribution < -0.4 is 0 Å². The highest BCUT2D eigenvalue weighted by Gasteiger charge is 2.11. The first-order valence-corrected chi connectivity index (χ1v) is 7.41. The standard InChI is InChI=1S/C17H17IO/c1-11-8-12(2)16(13(3)9-11)10-17(19)14-4-6-15(18)7-5-14/h4-9H,10H2,1-3H3. The fourth-order valence-electron chi connectivity index (χ4n) is 2.39. The van der Waals surface area contributed by atoms with Crippen molar-refractivity contribution in [2.24, 2.45) is 0 Å². The minimum Gasteiger partial charge on any atom is -0.294 e. The van der Waals surface area contributed by atoms with Crippen molar-refractivity contribution in [3.8, 4) is 0 Å². The van der Waals surface area contributed by atoms with E-state index in [-0.39, 0.29) is 5.78 Å². The molecule has 0 spiro atoms. The summed E-state index contributed by atoms with van der Waals surface area (Å²) in [4.78, 5) is 12.3. The molecule has 0 bridgehead atoms. The molecule has 0 fully saturated rings. The first-order valence-electron chi connectivity index (χ1n) is 6.33. The van der Waals surface area contributed by atoms with Crippen molar-refractivity contribution in [2.45, 2.75) is 27.2 Å². The Morgan fingerprint density at radius 3 is 2.05 bits per heavy atom. The zero-order chi connectivity index (χ0) is 14.0. The maximum atomic E-state index is 12.3. The average molecular weight is 364 g/mol. The van der Waals surface area contributed by atoms with Crippen molar-refractivity contribution in [1.29, 1.82) is 0 Å². The van der Waals surface area contributed by atoms with Crippen LogP contribution in [0.2, 0.25) is 0 Å². The molecule has 0 radical (unpaired) electrons. The Hall–Kier alpha value is -1.16. The quantitative estimate of drug-likeness (QED) is 0.573. The molecule has 0 atom stereocenters. The molecule has 0 aliphatic rings. The highest BCUT2D eigenvalue weighted by molar-refractivity contribution is 14.1. The Bertz CT molecular complexity index is 589. The van der Waals surface area contributed by atoms with Crippen LogP contribution in [0.3, 0.4) is 0 Å². The van der Waals surface area contributed by atoms with Gasteiger partial charge >= 0.3 is 0 Å². The first kappa shape index (κ1) is 14.3. The van der Waals surface area contributed by atoms with Crippen LogP contribution in [0.4, 0.5) is 0 Å². The Labute approximate surface area is 128 Å². The molecule has 19 heavy (non-hydrogen) atoms. The van der Waals surface area contributed by atoms with Gasteiger partial charge in [-0.25, -0.2) is 0 Å². The lowest BCUT2D eigenvalue weighted by Gasteiger charge is -2.10. The average Bonchev–Trinajstić information content (AvgIpc) is 2.34. The lowest BCUT2D eigenvalue weighted by Crippen LogP contribution is -2.06. The van der Waals surface area contributed by atoms with Gasteiger partial charge in [0.1, 0.15) is 0 Å². The number of rotatable bonds is 3. The van der Waals surface area contributed by atoms with Gasteiger partial charge in [0.2, 0.25) is 0 Å². The predicted molar refractivity (Wildman–Crippen MR) is 87.8 cm³/mol. The number of ketones is 1. The number of halogens is 1. The van der Waals surface area contributed by atoms with Crippen LogP contribution in [0.25, 0.3) is 0 Å². The third-order valence-corrected chi connectivity index (χ3v) is 4.06. The Morgan fingerprint density at radius 2 is 1.53 bits per heavy atom. The monoisotopic (exact) mass is 364 g/mol. The summed E-state index contributed by atoms with van der Waals surface area (Å²) >= 11 is 2.25. The van der Waals surface area contributed by atoms with E-state index in [0.717, 1.165) is 14.7 Å². The smallest absolute Gasteiger partial charge is 0.167 e. The maximum Gasteiger partial charge on any atom is 0.167 e. The van der Waals surface area contributed by atoms with Crippen molar-refractivity contribution >= 4 is 28.4 Å². The number of benzene rings is 2.